The molecule has 0 saturated heterocycles. The van der Waals surface area contributed by atoms with E-state index in [2.05, 4.69) is 267 Å². The van der Waals surface area contributed by atoms with Crippen LogP contribution in [0.2, 0.25) is 0 Å². The molecule has 0 heteroatoms. The minimum Gasteiger partial charge on any atom is -0.0622 e. The molecule has 12 rings (SSSR count). The molecule has 0 fully saturated rings. The fourth-order valence-electron chi connectivity index (χ4n) is 10.3. The Labute approximate surface area is 386 Å². The molecular weight excluding hydrogens is 793 g/mol. The van der Waals surface area contributed by atoms with Crippen molar-refractivity contribution >= 4 is 55.2 Å². The molecule has 0 radical (unpaired) electrons. The second kappa shape index (κ2) is 16.8. The minimum absolute atomic E-state index is 1.16. The minimum atomic E-state index is 1.16. The van der Waals surface area contributed by atoms with E-state index in [1.807, 2.05) is 0 Å². The number of rotatable bonds is 8. The van der Waals surface area contributed by atoms with Gasteiger partial charge in [-0.3, -0.25) is 0 Å². The molecule has 0 aliphatic rings. The third kappa shape index (κ3) is 6.97. The fourth-order valence-corrected chi connectivity index (χ4v) is 10.3. The molecule has 0 aliphatic heterocycles. The molecule has 0 spiro atoms. The van der Waals surface area contributed by atoms with E-state index in [0.29, 0.717) is 0 Å². The Balaban J connectivity index is 0.870. The van der Waals surface area contributed by atoms with Gasteiger partial charge >= 0.3 is 0 Å². The summed E-state index contributed by atoms with van der Waals surface area (Å²) >= 11 is 0. The average molecular weight is 837 g/mol. The summed E-state index contributed by atoms with van der Waals surface area (Å²) in [5.74, 6) is 0. The molecule has 0 bridgehead atoms. The quantitative estimate of drug-likeness (QED) is 0.106. The summed E-state index contributed by atoms with van der Waals surface area (Å²) in [7, 11) is 0. The smallest absolute Gasteiger partial charge is 0.00201 e. The molecule has 0 N–H and O–H groups in total. The van der Waals surface area contributed by atoms with E-state index in [-0.39, 0.29) is 0 Å². The highest BCUT2D eigenvalue weighted by atomic mass is 14.2. The summed E-state index contributed by atoms with van der Waals surface area (Å²) in [5, 5.41) is 10.1. The van der Waals surface area contributed by atoms with Crippen LogP contribution in [-0.4, -0.2) is 0 Å². The van der Waals surface area contributed by atoms with Crippen molar-refractivity contribution in [1.29, 1.82) is 0 Å². The maximum Gasteiger partial charge on any atom is -0.00201 e. The molecular formula is C66H44. The highest BCUT2D eigenvalue weighted by Gasteiger charge is 2.20. The van der Waals surface area contributed by atoms with Crippen LogP contribution in [-0.2, 0) is 0 Å². The molecule has 0 aromatic heterocycles. The lowest BCUT2D eigenvalue weighted by atomic mass is 9.84. The Morgan fingerprint density at radius 1 is 0.182 bits per heavy atom. The van der Waals surface area contributed by atoms with Crippen LogP contribution in [0.4, 0.5) is 0 Å². The first-order chi connectivity index (χ1) is 32.8. The SMILES string of the molecule is C(=Cc1cccc(-c2ccccc2-c2c3ccccc3c(-c3ccccc3)c3ccccc23)c1)c1ccc(-c2cccc(-c3c4ccccc4c(-c4ccccc4)c4ccccc34)c2)cc1. The van der Waals surface area contributed by atoms with Gasteiger partial charge in [0, 0.05) is 0 Å². The van der Waals surface area contributed by atoms with Crippen molar-refractivity contribution in [1.82, 2.24) is 0 Å². The molecule has 0 aliphatic carbocycles. The summed E-state index contributed by atoms with van der Waals surface area (Å²) in [5.41, 5.74) is 17.2. The van der Waals surface area contributed by atoms with Gasteiger partial charge in [-0.25, -0.2) is 0 Å². The van der Waals surface area contributed by atoms with Crippen LogP contribution in [0.1, 0.15) is 11.1 Å². The zero-order valence-electron chi connectivity index (χ0n) is 36.4. The van der Waals surface area contributed by atoms with Crippen LogP contribution in [0.5, 0.6) is 0 Å². The van der Waals surface area contributed by atoms with Crippen molar-refractivity contribution in [2.45, 2.75) is 0 Å². The number of hydrogen-bond donors (Lipinski definition) is 0. The largest absolute Gasteiger partial charge is 0.0622 e. The highest BCUT2D eigenvalue weighted by molar-refractivity contribution is 6.23. The third-order valence-corrected chi connectivity index (χ3v) is 13.2. The van der Waals surface area contributed by atoms with Crippen LogP contribution in [0, 0.1) is 0 Å². The lowest BCUT2D eigenvalue weighted by Gasteiger charge is -2.19. The van der Waals surface area contributed by atoms with Crippen molar-refractivity contribution in [3.05, 3.63) is 266 Å². The summed E-state index contributed by atoms with van der Waals surface area (Å²) < 4.78 is 0. The van der Waals surface area contributed by atoms with Crippen LogP contribution >= 0.6 is 0 Å². The van der Waals surface area contributed by atoms with Crippen LogP contribution in [0.25, 0.3) is 122 Å². The van der Waals surface area contributed by atoms with Crippen molar-refractivity contribution in [3.8, 4) is 66.8 Å². The molecule has 308 valence electrons. The Kier molecular flexibility index (Phi) is 9.97. The van der Waals surface area contributed by atoms with E-state index in [0.717, 1.165) is 11.1 Å². The Morgan fingerprint density at radius 3 is 1.06 bits per heavy atom. The van der Waals surface area contributed by atoms with Crippen molar-refractivity contribution in [2.75, 3.05) is 0 Å². The van der Waals surface area contributed by atoms with E-state index in [1.54, 1.807) is 0 Å². The predicted octanol–water partition coefficient (Wildman–Crippen LogP) is 18.5. The van der Waals surface area contributed by atoms with Gasteiger partial charge in [0.05, 0.1) is 0 Å². The van der Waals surface area contributed by atoms with Crippen molar-refractivity contribution in [2.24, 2.45) is 0 Å². The molecule has 0 atom stereocenters. The van der Waals surface area contributed by atoms with Gasteiger partial charge in [-0.1, -0.05) is 255 Å². The van der Waals surface area contributed by atoms with Gasteiger partial charge in [-0.05, 0) is 133 Å². The van der Waals surface area contributed by atoms with E-state index in [1.165, 1.54) is 110 Å². The predicted molar refractivity (Wildman–Crippen MR) is 284 cm³/mol. The number of benzene rings is 12. The van der Waals surface area contributed by atoms with Gasteiger partial charge in [0.25, 0.3) is 0 Å². The lowest BCUT2D eigenvalue weighted by molar-refractivity contribution is 1.58. The first-order valence-electron chi connectivity index (χ1n) is 22.8. The van der Waals surface area contributed by atoms with E-state index in [9.17, 15) is 0 Å². The van der Waals surface area contributed by atoms with Crippen molar-refractivity contribution < 1.29 is 0 Å². The summed E-state index contributed by atoms with van der Waals surface area (Å²) in [4.78, 5) is 0. The second-order valence-electron chi connectivity index (χ2n) is 17.1. The molecule has 12 aromatic carbocycles. The third-order valence-electron chi connectivity index (χ3n) is 13.2. The fraction of sp³-hybridized carbons (Fsp3) is 0. The summed E-state index contributed by atoms with van der Waals surface area (Å²) in [6, 6.07) is 93.0. The Bertz CT molecular complexity index is 3670. The van der Waals surface area contributed by atoms with Crippen LogP contribution in [0.3, 0.4) is 0 Å². The summed E-state index contributed by atoms with van der Waals surface area (Å²) in [6.07, 6.45) is 4.46. The van der Waals surface area contributed by atoms with Crippen LogP contribution in [0.15, 0.2) is 255 Å². The zero-order chi connectivity index (χ0) is 43.8. The van der Waals surface area contributed by atoms with E-state index >= 15 is 0 Å². The molecule has 0 unspecified atom stereocenters. The van der Waals surface area contributed by atoms with E-state index in [4.69, 9.17) is 0 Å². The van der Waals surface area contributed by atoms with Gasteiger partial charge < -0.3 is 0 Å². The second-order valence-corrected chi connectivity index (χ2v) is 17.1. The Hall–Kier alpha value is -8.58. The first kappa shape index (κ1) is 39.0. The molecule has 66 heavy (non-hydrogen) atoms. The van der Waals surface area contributed by atoms with Crippen LogP contribution < -0.4 is 0 Å². The maximum atomic E-state index is 2.36. The molecule has 0 heterocycles. The van der Waals surface area contributed by atoms with Gasteiger partial charge in [0.15, 0.2) is 0 Å². The zero-order valence-corrected chi connectivity index (χ0v) is 36.4. The number of fused-ring (bicyclic) bond motifs is 4. The molecule has 12 aromatic rings. The van der Waals surface area contributed by atoms with E-state index < -0.39 is 0 Å². The molecule has 0 saturated carbocycles. The molecule has 0 nitrogen and oxygen atoms in total. The maximum absolute atomic E-state index is 2.36. The Morgan fingerprint density at radius 2 is 0.545 bits per heavy atom. The van der Waals surface area contributed by atoms with Gasteiger partial charge in [-0.15, -0.1) is 0 Å². The molecule has 0 amide bonds. The van der Waals surface area contributed by atoms with Gasteiger partial charge in [-0.2, -0.15) is 0 Å². The number of hydrogen-bond acceptors (Lipinski definition) is 0. The topological polar surface area (TPSA) is 0 Å². The monoisotopic (exact) mass is 836 g/mol. The highest BCUT2D eigenvalue weighted by Crippen LogP contribution is 2.47. The average Bonchev–Trinajstić information content (AvgIpc) is 3.39. The standard InChI is InChI=1S/C66H44/c1-3-20-48(21-4-1)63-55-29-9-11-31-57(55)65(58-32-12-10-30-56(58)63)52-26-18-24-50(44-52)47-41-39-45(40-42-47)37-38-46-19-17-25-51(43-46)53-27-7-8-28-54(53)66-61-35-15-13-33-59(61)64(49-22-5-2-6-23-49)60-34-14-16-36-62(60)66/h1-44H. The summed E-state index contributed by atoms with van der Waals surface area (Å²) in [6.45, 7) is 0. The van der Waals surface area contributed by atoms with Crippen molar-refractivity contribution in [3.63, 3.8) is 0 Å². The van der Waals surface area contributed by atoms with Gasteiger partial charge in [0.1, 0.15) is 0 Å². The first-order valence-corrected chi connectivity index (χ1v) is 22.8. The lowest BCUT2D eigenvalue weighted by Crippen LogP contribution is -1.92. The van der Waals surface area contributed by atoms with Gasteiger partial charge in [0.2, 0.25) is 0 Å². The normalized spacial score (nSPS) is 11.6.